The highest BCUT2D eigenvalue weighted by atomic mass is 32.2. The third-order valence-electron chi connectivity index (χ3n) is 2.52. The van der Waals surface area contributed by atoms with Crippen molar-refractivity contribution in [3.8, 4) is 0 Å². The maximum atomic E-state index is 11.0. The summed E-state index contributed by atoms with van der Waals surface area (Å²) in [4.78, 5) is 15.9. The molecule has 0 saturated heterocycles. The minimum atomic E-state index is -0.755. The van der Waals surface area contributed by atoms with Gasteiger partial charge < -0.3 is 15.6 Å². The molecule has 2 aromatic heterocycles. The first-order valence-corrected chi connectivity index (χ1v) is 7.92. The predicted molar refractivity (Wildman–Crippen MR) is 77.9 cm³/mol. The van der Waals surface area contributed by atoms with Gasteiger partial charge in [0.25, 0.3) is 0 Å². The smallest absolute Gasteiger partial charge is 0.226 e. The fraction of sp³-hybridized carbons (Fsp3) is 0.545. The molecule has 3 N–H and O–H groups in total. The van der Waals surface area contributed by atoms with Crippen LogP contribution in [0.15, 0.2) is 6.33 Å². The second kappa shape index (κ2) is 6.46. The Hall–Kier alpha value is -1.70. The molecule has 1 atom stereocenters. The third-order valence-corrected chi connectivity index (χ3v) is 3.39. The number of hydrogen-bond acceptors (Lipinski definition) is 6. The molecule has 0 radical (unpaired) electrons. The zero-order valence-electron chi connectivity index (χ0n) is 11.1. The maximum Gasteiger partial charge on any atom is 0.226 e. The van der Waals surface area contributed by atoms with Gasteiger partial charge in [-0.3, -0.25) is 4.21 Å². The minimum Gasteiger partial charge on any atom is -0.368 e. The molecule has 0 fully saturated rings. The number of nitrogens with one attached hydrogen (secondary N) is 3. The number of rotatable bonds is 7. The van der Waals surface area contributed by atoms with E-state index in [-0.39, 0.29) is 0 Å². The molecule has 0 amide bonds. The van der Waals surface area contributed by atoms with Crippen LogP contribution in [0.4, 0.5) is 11.8 Å². The van der Waals surface area contributed by atoms with Crippen molar-refractivity contribution in [3.63, 3.8) is 0 Å². The average molecular weight is 282 g/mol. The van der Waals surface area contributed by atoms with Crippen LogP contribution >= 0.6 is 0 Å². The Morgan fingerprint density at radius 3 is 2.95 bits per heavy atom. The zero-order valence-corrected chi connectivity index (χ0v) is 11.9. The summed E-state index contributed by atoms with van der Waals surface area (Å²) < 4.78 is 11.0. The number of imidazole rings is 1. The van der Waals surface area contributed by atoms with Gasteiger partial charge in [-0.05, 0) is 13.3 Å². The molecule has 0 aliphatic rings. The Bertz CT molecular complexity index is 569. The van der Waals surface area contributed by atoms with E-state index in [1.807, 2.05) is 6.92 Å². The molecule has 2 aromatic rings. The van der Waals surface area contributed by atoms with E-state index >= 15 is 0 Å². The fourth-order valence-electron chi connectivity index (χ4n) is 1.68. The molecular weight excluding hydrogens is 264 g/mol. The van der Waals surface area contributed by atoms with Crippen molar-refractivity contribution in [2.75, 3.05) is 35.7 Å². The third kappa shape index (κ3) is 3.63. The Labute approximate surface area is 114 Å². The Morgan fingerprint density at radius 2 is 2.21 bits per heavy atom. The van der Waals surface area contributed by atoms with Crippen LogP contribution in [0, 0.1) is 0 Å². The van der Waals surface area contributed by atoms with Gasteiger partial charge in [0.05, 0.1) is 6.33 Å². The first kappa shape index (κ1) is 13.7. The van der Waals surface area contributed by atoms with E-state index < -0.39 is 10.8 Å². The summed E-state index contributed by atoms with van der Waals surface area (Å²) in [5.74, 6) is 1.97. The molecule has 1 unspecified atom stereocenters. The molecule has 19 heavy (non-hydrogen) atoms. The van der Waals surface area contributed by atoms with Crippen LogP contribution in [0.2, 0.25) is 0 Å². The lowest BCUT2D eigenvalue weighted by molar-refractivity contribution is 0.685. The van der Waals surface area contributed by atoms with E-state index in [0.717, 1.165) is 30.8 Å². The van der Waals surface area contributed by atoms with Crippen LogP contribution in [0.25, 0.3) is 11.2 Å². The number of fused-ring (bicyclic) bond motifs is 1. The Morgan fingerprint density at radius 1 is 1.37 bits per heavy atom. The van der Waals surface area contributed by atoms with Gasteiger partial charge in [-0.2, -0.15) is 9.97 Å². The standard InChI is InChI=1S/C11H18N6OS/c1-3-12-11-16-9(13-5-4-6-19(2)18)8-10(17-11)15-7-14-8/h7H,3-6H2,1-2H3,(H3,12,13,14,15,16,17). The van der Waals surface area contributed by atoms with Gasteiger partial charge in [0.15, 0.2) is 11.5 Å². The molecule has 8 heteroatoms. The molecular formula is C11H18N6OS. The zero-order chi connectivity index (χ0) is 13.7. The number of hydrogen-bond donors (Lipinski definition) is 3. The van der Waals surface area contributed by atoms with Crippen molar-refractivity contribution in [2.45, 2.75) is 13.3 Å². The number of H-pyrrole nitrogens is 1. The molecule has 0 bridgehead atoms. The quantitative estimate of drug-likeness (QED) is 0.655. The first-order chi connectivity index (χ1) is 9.20. The lowest BCUT2D eigenvalue weighted by atomic mass is 10.4. The van der Waals surface area contributed by atoms with Crippen molar-refractivity contribution in [3.05, 3.63) is 6.33 Å². The number of aromatic nitrogens is 4. The van der Waals surface area contributed by atoms with Gasteiger partial charge in [-0.25, -0.2) is 4.98 Å². The van der Waals surface area contributed by atoms with Crippen molar-refractivity contribution in [1.82, 2.24) is 19.9 Å². The van der Waals surface area contributed by atoms with E-state index in [2.05, 4.69) is 30.6 Å². The molecule has 2 rings (SSSR count). The van der Waals surface area contributed by atoms with Gasteiger partial charge in [0.2, 0.25) is 5.95 Å². The highest BCUT2D eigenvalue weighted by molar-refractivity contribution is 7.84. The van der Waals surface area contributed by atoms with E-state index in [1.54, 1.807) is 12.6 Å². The first-order valence-electron chi connectivity index (χ1n) is 6.19. The fourth-order valence-corrected chi connectivity index (χ4v) is 2.23. The van der Waals surface area contributed by atoms with Crippen LogP contribution in [0.3, 0.4) is 0 Å². The normalized spacial score (nSPS) is 12.5. The average Bonchev–Trinajstić information content (AvgIpc) is 2.83. The van der Waals surface area contributed by atoms with Crippen molar-refractivity contribution in [1.29, 1.82) is 0 Å². The second-order valence-corrected chi connectivity index (χ2v) is 5.64. The summed E-state index contributed by atoms with van der Waals surface area (Å²) in [6.45, 7) is 3.46. The van der Waals surface area contributed by atoms with Gasteiger partial charge in [-0.1, -0.05) is 0 Å². The largest absolute Gasteiger partial charge is 0.368 e. The van der Waals surface area contributed by atoms with Gasteiger partial charge in [-0.15, -0.1) is 0 Å². The van der Waals surface area contributed by atoms with Crippen LogP contribution in [-0.2, 0) is 10.8 Å². The van der Waals surface area contributed by atoms with Crippen LogP contribution in [-0.4, -0.2) is 49.2 Å². The predicted octanol–water partition coefficient (Wildman–Crippen LogP) is 0.965. The van der Waals surface area contributed by atoms with E-state index in [0.29, 0.717) is 17.3 Å². The lowest BCUT2D eigenvalue weighted by Gasteiger charge is -2.08. The van der Waals surface area contributed by atoms with E-state index in [4.69, 9.17) is 0 Å². The van der Waals surface area contributed by atoms with Crippen LogP contribution < -0.4 is 10.6 Å². The van der Waals surface area contributed by atoms with Crippen LogP contribution in [0.5, 0.6) is 0 Å². The summed E-state index contributed by atoms with van der Waals surface area (Å²) in [5, 5.41) is 6.30. The molecule has 0 aromatic carbocycles. The molecule has 0 aliphatic carbocycles. The SMILES string of the molecule is CCNc1nc(NCCCS(C)=O)c2[nH]cnc2n1. The Balaban J connectivity index is 2.11. The highest BCUT2D eigenvalue weighted by Gasteiger charge is 2.08. The molecule has 0 spiro atoms. The summed E-state index contributed by atoms with van der Waals surface area (Å²) in [6.07, 6.45) is 4.14. The number of anilines is 2. The molecule has 7 nitrogen and oxygen atoms in total. The molecule has 0 saturated carbocycles. The van der Waals surface area contributed by atoms with Gasteiger partial charge in [0.1, 0.15) is 5.52 Å². The number of aromatic amines is 1. The van der Waals surface area contributed by atoms with Crippen molar-refractivity contribution < 1.29 is 4.21 Å². The molecule has 104 valence electrons. The topological polar surface area (TPSA) is 95.6 Å². The summed E-state index contributed by atoms with van der Waals surface area (Å²) in [7, 11) is -0.755. The molecule has 2 heterocycles. The van der Waals surface area contributed by atoms with Crippen molar-refractivity contribution >= 4 is 33.7 Å². The number of nitrogens with zero attached hydrogens (tertiary/aromatic N) is 3. The lowest BCUT2D eigenvalue weighted by Crippen LogP contribution is -2.10. The maximum absolute atomic E-state index is 11.0. The van der Waals surface area contributed by atoms with E-state index in [9.17, 15) is 4.21 Å². The van der Waals surface area contributed by atoms with E-state index in [1.165, 1.54) is 0 Å². The van der Waals surface area contributed by atoms with Gasteiger partial charge in [0, 0.05) is 35.9 Å². The molecule has 0 aliphatic heterocycles. The summed E-state index contributed by atoms with van der Waals surface area (Å²) in [5.41, 5.74) is 1.42. The van der Waals surface area contributed by atoms with Crippen LogP contribution in [0.1, 0.15) is 13.3 Å². The summed E-state index contributed by atoms with van der Waals surface area (Å²) >= 11 is 0. The van der Waals surface area contributed by atoms with Gasteiger partial charge >= 0.3 is 0 Å². The van der Waals surface area contributed by atoms with Crippen molar-refractivity contribution in [2.24, 2.45) is 0 Å². The highest BCUT2D eigenvalue weighted by Crippen LogP contribution is 2.18. The Kier molecular flexibility index (Phi) is 4.67. The monoisotopic (exact) mass is 282 g/mol. The summed E-state index contributed by atoms with van der Waals surface area (Å²) in [6, 6.07) is 0. The second-order valence-electron chi connectivity index (χ2n) is 4.08. The minimum absolute atomic E-state index is 0.559.